The first-order valence-electron chi connectivity index (χ1n) is 6.69. The van der Waals surface area contributed by atoms with Gasteiger partial charge in [-0.15, -0.1) is 0 Å². The Morgan fingerprint density at radius 3 is 3.00 bits per heavy atom. The summed E-state index contributed by atoms with van der Waals surface area (Å²) in [5.74, 6) is 1.42. The van der Waals surface area contributed by atoms with Crippen molar-refractivity contribution >= 4 is 0 Å². The summed E-state index contributed by atoms with van der Waals surface area (Å²) in [6.07, 6.45) is 7.27. The molecule has 2 aromatic rings. The van der Waals surface area contributed by atoms with E-state index in [1.165, 1.54) is 0 Å². The van der Waals surface area contributed by atoms with Gasteiger partial charge in [-0.05, 0) is 25.1 Å². The Hall–Kier alpha value is -1.75. The fraction of sp³-hybridized carbons (Fsp3) is 0.500. The lowest BCUT2D eigenvalue weighted by atomic mass is 10.1. The van der Waals surface area contributed by atoms with Gasteiger partial charge < -0.3 is 9.84 Å². The Kier molecular flexibility index (Phi) is 5.03. The van der Waals surface area contributed by atoms with Crippen molar-refractivity contribution in [3.63, 3.8) is 0 Å². The van der Waals surface area contributed by atoms with Crippen LogP contribution in [0.2, 0.25) is 0 Å². The molecule has 102 valence electrons. The number of nitrogens with one attached hydrogen (secondary N) is 1. The summed E-state index contributed by atoms with van der Waals surface area (Å²) in [7, 11) is 1.97. The third-order valence-corrected chi connectivity index (χ3v) is 3.06. The molecule has 0 aliphatic carbocycles. The van der Waals surface area contributed by atoms with Crippen LogP contribution in [-0.2, 0) is 12.8 Å². The van der Waals surface area contributed by atoms with Gasteiger partial charge in [0.15, 0.2) is 5.82 Å². The van der Waals surface area contributed by atoms with Crippen LogP contribution in [0.15, 0.2) is 29.0 Å². The second-order valence-corrected chi connectivity index (χ2v) is 4.62. The summed E-state index contributed by atoms with van der Waals surface area (Å²) in [5.41, 5.74) is 1.09. The number of likely N-dealkylation sites (N-methyl/N-ethyl adjacent to an activating group) is 1. The molecule has 0 aromatic carbocycles. The van der Waals surface area contributed by atoms with Crippen LogP contribution in [0.3, 0.4) is 0 Å². The lowest BCUT2D eigenvalue weighted by Crippen LogP contribution is -2.27. The summed E-state index contributed by atoms with van der Waals surface area (Å²) in [4.78, 5) is 8.51. The molecule has 0 saturated heterocycles. The van der Waals surface area contributed by atoms with Crippen LogP contribution in [-0.4, -0.2) is 28.2 Å². The Balaban J connectivity index is 1.95. The molecule has 0 saturated carbocycles. The van der Waals surface area contributed by atoms with Crippen LogP contribution in [0.1, 0.15) is 37.0 Å². The molecule has 2 heterocycles. The van der Waals surface area contributed by atoms with Crippen LogP contribution >= 0.6 is 0 Å². The zero-order valence-electron chi connectivity index (χ0n) is 11.5. The largest absolute Gasteiger partial charge is 0.339 e. The second kappa shape index (κ2) is 6.99. The summed E-state index contributed by atoms with van der Waals surface area (Å²) < 4.78 is 5.29. The van der Waals surface area contributed by atoms with Crippen molar-refractivity contribution < 1.29 is 4.52 Å². The molecule has 0 aliphatic heterocycles. The molecule has 5 heteroatoms. The number of pyridine rings is 1. The van der Waals surface area contributed by atoms with Crippen LogP contribution in [0.4, 0.5) is 0 Å². The number of rotatable bonds is 7. The molecule has 2 aromatic heterocycles. The molecular formula is C14H20N4O. The minimum atomic E-state index is 0.400. The van der Waals surface area contributed by atoms with Gasteiger partial charge in [0.25, 0.3) is 0 Å². The molecule has 19 heavy (non-hydrogen) atoms. The predicted molar refractivity (Wildman–Crippen MR) is 72.8 cm³/mol. The third kappa shape index (κ3) is 4.13. The maximum atomic E-state index is 5.29. The first-order valence-corrected chi connectivity index (χ1v) is 6.69. The Bertz CT molecular complexity index is 483. The van der Waals surface area contributed by atoms with E-state index in [2.05, 4.69) is 27.4 Å². The van der Waals surface area contributed by atoms with Crippen molar-refractivity contribution in [1.29, 1.82) is 0 Å². The maximum Gasteiger partial charge on any atom is 0.228 e. The average Bonchev–Trinajstić information content (AvgIpc) is 2.86. The van der Waals surface area contributed by atoms with Crippen molar-refractivity contribution in [2.45, 2.75) is 38.6 Å². The fourth-order valence-corrected chi connectivity index (χ4v) is 2.04. The normalized spacial score (nSPS) is 12.5. The molecule has 0 bridgehead atoms. The zero-order chi connectivity index (χ0) is 13.5. The third-order valence-electron chi connectivity index (χ3n) is 3.06. The smallest absolute Gasteiger partial charge is 0.228 e. The maximum absolute atomic E-state index is 5.29. The van der Waals surface area contributed by atoms with Crippen LogP contribution in [0.25, 0.3) is 0 Å². The van der Waals surface area contributed by atoms with E-state index < -0.39 is 0 Å². The highest BCUT2D eigenvalue weighted by molar-refractivity contribution is 5.13. The standard InChI is InChI=1S/C14H20N4O/c1-3-5-12(15-2)9-14-17-13(18-19-14)8-11-6-4-7-16-10-11/h4,6-7,10,12,15H,3,5,8-9H2,1-2H3. The Labute approximate surface area is 113 Å². The fourth-order valence-electron chi connectivity index (χ4n) is 2.04. The number of hydrogen-bond donors (Lipinski definition) is 1. The predicted octanol–water partition coefficient (Wildman–Crippen LogP) is 1.99. The van der Waals surface area contributed by atoms with Gasteiger partial charge in [-0.25, -0.2) is 0 Å². The molecule has 0 spiro atoms. The molecular weight excluding hydrogens is 240 g/mol. The lowest BCUT2D eigenvalue weighted by Gasteiger charge is -2.11. The topological polar surface area (TPSA) is 63.8 Å². The molecule has 0 radical (unpaired) electrons. The molecule has 0 aliphatic rings. The quantitative estimate of drug-likeness (QED) is 0.824. The molecule has 1 unspecified atom stereocenters. The van der Waals surface area contributed by atoms with Crippen molar-refractivity contribution in [2.24, 2.45) is 0 Å². The van der Waals surface area contributed by atoms with Crippen LogP contribution in [0.5, 0.6) is 0 Å². The lowest BCUT2D eigenvalue weighted by molar-refractivity contribution is 0.352. The molecule has 2 rings (SSSR count). The summed E-state index contributed by atoms with van der Waals surface area (Å²) in [5, 5.41) is 7.29. The molecule has 1 N–H and O–H groups in total. The first-order chi connectivity index (χ1) is 9.31. The van der Waals surface area contributed by atoms with Crippen molar-refractivity contribution in [2.75, 3.05) is 7.05 Å². The van der Waals surface area contributed by atoms with E-state index in [1.807, 2.05) is 25.4 Å². The monoisotopic (exact) mass is 260 g/mol. The van der Waals surface area contributed by atoms with E-state index in [4.69, 9.17) is 4.52 Å². The molecule has 5 nitrogen and oxygen atoms in total. The molecule has 1 atom stereocenters. The zero-order valence-corrected chi connectivity index (χ0v) is 11.5. The molecule has 0 fully saturated rings. The highest BCUT2D eigenvalue weighted by Gasteiger charge is 2.12. The van der Waals surface area contributed by atoms with Crippen molar-refractivity contribution in [3.05, 3.63) is 41.8 Å². The van der Waals surface area contributed by atoms with E-state index in [1.54, 1.807) is 6.20 Å². The minimum absolute atomic E-state index is 0.400. The van der Waals surface area contributed by atoms with Gasteiger partial charge in [-0.1, -0.05) is 24.6 Å². The van der Waals surface area contributed by atoms with Gasteiger partial charge >= 0.3 is 0 Å². The van der Waals surface area contributed by atoms with E-state index in [0.717, 1.165) is 24.8 Å². The number of hydrogen-bond acceptors (Lipinski definition) is 5. The van der Waals surface area contributed by atoms with Crippen molar-refractivity contribution in [1.82, 2.24) is 20.4 Å². The first kappa shape index (κ1) is 13.7. The highest BCUT2D eigenvalue weighted by Crippen LogP contribution is 2.08. The minimum Gasteiger partial charge on any atom is -0.339 e. The van der Waals surface area contributed by atoms with Gasteiger partial charge in [-0.3, -0.25) is 4.98 Å². The van der Waals surface area contributed by atoms with Gasteiger partial charge in [0.1, 0.15) is 0 Å². The Morgan fingerprint density at radius 2 is 2.32 bits per heavy atom. The highest BCUT2D eigenvalue weighted by atomic mass is 16.5. The van der Waals surface area contributed by atoms with E-state index in [0.29, 0.717) is 24.2 Å². The van der Waals surface area contributed by atoms with Crippen LogP contribution < -0.4 is 5.32 Å². The van der Waals surface area contributed by atoms with E-state index in [9.17, 15) is 0 Å². The van der Waals surface area contributed by atoms with Crippen molar-refractivity contribution in [3.8, 4) is 0 Å². The summed E-state index contributed by atoms with van der Waals surface area (Å²) >= 11 is 0. The van der Waals surface area contributed by atoms with Crippen LogP contribution in [0, 0.1) is 0 Å². The van der Waals surface area contributed by atoms with E-state index >= 15 is 0 Å². The van der Waals surface area contributed by atoms with Gasteiger partial charge in [0.2, 0.25) is 5.89 Å². The summed E-state index contributed by atoms with van der Waals surface area (Å²) in [6.45, 7) is 2.17. The number of aromatic nitrogens is 3. The van der Waals surface area contributed by atoms with Gasteiger partial charge in [0, 0.05) is 31.3 Å². The average molecular weight is 260 g/mol. The SMILES string of the molecule is CCCC(Cc1nc(Cc2cccnc2)no1)NC. The second-order valence-electron chi connectivity index (χ2n) is 4.62. The summed E-state index contributed by atoms with van der Waals surface area (Å²) in [6, 6.07) is 4.32. The van der Waals surface area contributed by atoms with Gasteiger partial charge in [-0.2, -0.15) is 4.98 Å². The molecule has 0 amide bonds. The number of nitrogens with zero attached hydrogens (tertiary/aromatic N) is 3. The Morgan fingerprint density at radius 1 is 1.42 bits per heavy atom. The van der Waals surface area contributed by atoms with E-state index in [-0.39, 0.29) is 0 Å². The van der Waals surface area contributed by atoms with Gasteiger partial charge in [0.05, 0.1) is 0 Å².